The van der Waals surface area contributed by atoms with Crippen molar-refractivity contribution in [3.63, 3.8) is 0 Å². The second kappa shape index (κ2) is 9.79. The van der Waals surface area contributed by atoms with Crippen LogP contribution in [-0.2, 0) is 23.1 Å². The third-order valence-corrected chi connectivity index (χ3v) is 8.60. The molecule has 1 heterocycles. The fraction of sp³-hybridized carbons (Fsp3) is 0.208. The Kier molecular flexibility index (Phi) is 6.99. The lowest BCUT2D eigenvalue weighted by Crippen LogP contribution is -2.26. The first kappa shape index (κ1) is 24.3. The van der Waals surface area contributed by atoms with E-state index in [9.17, 15) is 13.2 Å². The summed E-state index contributed by atoms with van der Waals surface area (Å²) in [5, 5.41) is 0.574. The minimum atomic E-state index is -3.80. The first-order chi connectivity index (χ1) is 16.2. The molecule has 0 aliphatic carbocycles. The summed E-state index contributed by atoms with van der Waals surface area (Å²) in [6.45, 7) is 0.453. The number of hydrogen-bond donors (Lipinski definition) is 0. The highest BCUT2D eigenvalue weighted by atomic mass is 35.5. The molecule has 4 rings (SSSR count). The normalized spacial score (nSPS) is 11.8. The Hall–Kier alpha value is -2.85. The quantitative estimate of drug-likeness (QED) is 0.340. The van der Waals surface area contributed by atoms with Gasteiger partial charge in [0.25, 0.3) is 0 Å². The van der Waals surface area contributed by atoms with Gasteiger partial charge in [-0.1, -0.05) is 47.2 Å². The number of rotatable bonds is 8. The summed E-state index contributed by atoms with van der Waals surface area (Å²) >= 11 is 7.27. The zero-order chi connectivity index (χ0) is 24.5. The summed E-state index contributed by atoms with van der Waals surface area (Å²) in [5.74, 6) is 1.09. The summed E-state index contributed by atoms with van der Waals surface area (Å²) in [6, 6.07) is 17.3. The van der Waals surface area contributed by atoms with Crippen LogP contribution in [0.15, 0.2) is 70.4 Å². The van der Waals surface area contributed by atoms with Crippen LogP contribution in [0.2, 0.25) is 5.02 Å². The van der Waals surface area contributed by atoms with Crippen molar-refractivity contribution in [2.45, 2.75) is 18.0 Å². The minimum Gasteiger partial charge on any atom is -0.493 e. The molecule has 0 atom stereocenters. The smallest absolute Gasteiger partial charge is 0.308 e. The molecule has 0 N–H and O–H groups in total. The summed E-state index contributed by atoms with van der Waals surface area (Å²) in [6.07, 6.45) is 0. The molecule has 0 saturated heterocycles. The molecule has 0 radical (unpaired) electrons. The second-order valence-corrected chi connectivity index (χ2v) is 11.1. The molecule has 0 aliphatic rings. The molecule has 0 spiro atoms. The average Bonchev–Trinajstić information content (AvgIpc) is 3.14. The number of sulfonamides is 1. The molecule has 0 fully saturated rings. The minimum absolute atomic E-state index is 0.120. The molecule has 0 bridgehead atoms. The van der Waals surface area contributed by atoms with Gasteiger partial charge in [0.1, 0.15) is 0 Å². The third kappa shape index (κ3) is 4.69. The summed E-state index contributed by atoms with van der Waals surface area (Å²) < 4.78 is 40.5. The Labute approximate surface area is 206 Å². The number of benzene rings is 3. The molecule has 178 valence electrons. The lowest BCUT2D eigenvalue weighted by atomic mass is 10.2. The van der Waals surface area contributed by atoms with Crippen molar-refractivity contribution in [1.82, 2.24) is 8.87 Å². The van der Waals surface area contributed by atoms with Gasteiger partial charge in [0.15, 0.2) is 11.5 Å². The first-order valence-electron chi connectivity index (χ1n) is 10.3. The molecule has 0 aliphatic heterocycles. The van der Waals surface area contributed by atoms with Gasteiger partial charge >= 0.3 is 4.87 Å². The van der Waals surface area contributed by atoms with Crippen LogP contribution in [0.25, 0.3) is 10.2 Å². The molecular formula is C24H23ClN2O5S2. The predicted octanol–water partition coefficient (Wildman–Crippen LogP) is 4.60. The van der Waals surface area contributed by atoms with Gasteiger partial charge in [-0.15, -0.1) is 0 Å². The SMILES string of the molecule is COc1ccc(CN(C)S(=O)(=O)c2ccc3c(c2)sc(=O)n3Cc2ccccc2Cl)cc1OC. The van der Waals surface area contributed by atoms with E-state index < -0.39 is 10.0 Å². The Bertz CT molecular complexity index is 1510. The molecule has 4 aromatic rings. The van der Waals surface area contributed by atoms with Crippen LogP contribution in [0.3, 0.4) is 0 Å². The van der Waals surface area contributed by atoms with Crippen LogP contribution in [0.1, 0.15) is 11.1 Å². The largest absolute Gasteiger partial charge is 0.493 e. The van der Waals surface area contributed by atoms with Crippen LogP contribution in [0.4, 0.5) is 0 Å². The molecule has 7 nitrogen and oxygen atoms in total. The number of fused-ring (bicyclic) bond motifs is 1. The van der Waals surface area contributed by atoms with Gasteiger partial charge in [0.05, 0.1) is 35.9 Å². The first-order valence-corrected chi connectivity index (χ1v) is 12.9. The summed E-state index contributed by atoms with van der Waals surface area (Å²) in [5.41, 5.74) is 2.23. The van der Waals surface area contributed by atoms with Crippen molar-refractivity contribution in [2.75, 3.05) is 21.3 Å². The molecular weight excluding hydrogens is 496 g/mol. The Balaban J connectivity index is 1.63. The highest BCUT2D eigenvalue weighted by Crippen LogP contribution is 2.29. The van der Waals surface area contributed by atoms with E-state index in [1.807, 2.05) is 18.2 Å². The van der Waals surface area contributed by atoms with Gasteiger partial charge in [-0.25, -0.2) is 8.42 Å². The van der Waals surface area contributed by atoms with Crippen LogP contribution < -0.4 is 14.3 Å². The van der Waals surface area contributed by atoms with Crippen LogP contribution in [0, 0.1) is 0 Å². The lowest BCUT2D eigenvalue weighted by Gasteiger charge is -2.18. The molecule has 1 aromatic heterocycles. The Morgan fingerprint density at radius 2 is 1.74 bits per heavy atom. The number of ether oxygens (including phenoxy) is 2. The lowest BCUT2D eigenvalue weighted by molar-refractivity contribution is 0.354. The fourth-order valence-corrected chi connectivity index (χ4v) is 6.04. The van der Waals surface area contributed by atoms with E-state index in [0.29, 0.717) is 33.3 Å². The van der Waals surface area contributed by atoms with E-state index in [2.05, 4.69) is 0 Å². The van der Waals surface area contributed by atoms with Gasteiger partial charge in [-0.2, -0.15) is 4.31 Å². The number of halogens is 1. The Morgan fingerprint density at radius 1 is 1.00 bits per heavy atom. The number of thiazole rings is 1. The van der Waals surface area contributed by atoms with Gasteiger partial charge in [-0.3, -0.25) is 9.36 Å². The zero-order valence-electron chi connectivity index (χ0n) is 18.8. The van der Waals surface area contributed by atoms with Gasteiger partial charge in [0, 0.05) is 18.6 Å². The maximum absolute atomic E-state index is 13.3. The third-order valence-electron chi connectivity index (χ3n) is 5.49. The van der Waals surface area contributed by atoms with Gasteiger partial charge in [0.2, 0.25) is 10.0 Å². The van der Waals surface area contributed by atoms with Gasteiger partial charge < -0.3 is 9.47 Å². The van der Waals surface area contributed by atoms with Crippen molar-refractivity contribution in [3.05, 3.63) is 86.5 Å². The van der Waals surface area contributed by atoms with Crippen molar-refractivity contribution in [2.24, 2.45) is 0 Å². The second-order valence-electron chi connectivity index (χ2n) is 7.63. The fourth-order valence-electron chi connectivity index (χ4n) is 3.65. The molecule has 0 unspecified atom stereocenters. The average molecular weight is 519 g/mol. The topological polar surface area (TPSA) is 77.8 Å². The zero-order valence-corrected chi connectivity index (χ0v) is 21.2. The maximum atomic E-state index is 13.3. The monoisotopic (exact) mass is 518 g/mol. The molecule has 10 heteroatoms. The van der Waals surface area contributed by atoms with E-state index in [1.54, 1.807) is 48.1 Å². The standard InChI is InChI=1S/C24H23ClN2O5S2/c1-26(14-16-8-11-21(31-2)22(12-16)32-3)34(29,30)18-9-10-20-23(13-18)33-24(28)27(20)15-17-6-4-5-7-19(17)25/h4-13H,14-15H2,1-3H3. The number of hydrogen-bond acceptors (Lipinski definition) is 6. The highest BCUT2D eigenvalue weighted by molar-refractivity contribution is 7.89. The van der Waals surface area contributed by atoms with E-state index in [0.717, 1.165) is 22.5 Å². The molecule has 3 aromatic carbocycles. The van der Waals surface area contributed by atoms with E-state index >= 15 is 0 Å². The van der Waals surface area contributed by atoms with Crippen molar-refractivity contribution in [3.8, 4) is 11.5 Å². The molecule has 0 saturated carbocycles. The number of methoxy groups -OCH3 is 2. The summed E-state index contributed by atoms with van der Waals surface area (Å²) in [4.78, 5) is 12.6. The Morgan fingerprint density at radius 3 is 2.44 bits per heavy atom. The van der Waals surface area contributed by atoms with Crippen molar-refractivity contribution >= 4 is 43.2 Å². The maximum Gasteiger partial charge on any atom is 0.308 e. The van der Waals surface area contributed by atoms with Crippen LogP contribution in [0.5, 0.6) is 11.5 Å². The van der Waals surface area contributed by atoms with E-state index in [4.69, 9.17) is 21.1 Å². The van der Waals surface area contributed by atoms with Crippen molar-refractivity contribution in [1.29, 1.82) is 0 Å². The van der Waals surface area contributed by atoms with Gasteiger partial charge in [-0.05, 0) is 47.5 Å². The highest BCUT2D eigenvalue weighted by Gasteiger charge is 2.23. The van der Waals surface area contributed by atoms with Crippen LogP contribution >= 0.6 is 22.9 Å². The molecule has 34 heavy (non-hydrogen) atoms. The van der Waals surface area contributed by atoms with E-state index in [1.165, 1.54) is 24.5 Å². The molecule has 0 amide bonds. The van der Waals surface area contributed by atoms with Crippen molar-refractivity contribution < 1.29 is 17.9 Å². The number of aromatic nitrogens is 1. The summed E-state index contributed by atoms with van der Waals surface area (Å²) in [7, 11) is 0.788. The predicted molar refractivity (Wildman–Crippen MR) is 135 cm³/mol. The number of nitrogens with zero attached hydrogens (tertiary/aromatic N) is 2. The van der Waals surface area contributed by atoms with E-state index in [-0.39, 0.29) is 16.3 Å². The van der Waals surface area contributed by atoms with Crippen LogP contribution in [-0.4, -0.2) is 38.6 Å².